The summed E-state index contributed by atoms with van der Waals surface area (Å²) >= 11 is 0. The standard InChI is InChI=1S/C15H20N2O3S/c16-9-3-5-14-4-1-2-6-15(14)21(18,19)17-10-11-20-12-13-7-8-13/h1-2,4,6,13,17H,7-12,16H2. The van der Waals surface area contributed by atoms with Gasteiger partial charge in [0.2, 0.25) is 10.0 Å². The molecule has 1 saturated carbocycles. The second-order valence-corrected chi connectivity index (χ2v) is 6.65. The van der Waals surface area contributed by atoms with E-state index in [2.05, 4.69) is 16.6 Å². The van der Waals surface area contributed by atoms with Gasteiger partial charge in [-0.3, -0.25) is 0 Å². The fourth-order valence-corrected chi connectivity index (χ4v) is 2.98. The van der Waals surface area contributed by atoms with Crippen molar-refractivity contribution in [3.63, 3.8) is 0 Å². The average molecular weight is 308 g/mol. The van der Waals surface area contributed by atoms with Gasteiger partial charge in [-0.1, -0.05) is 24.0 Å². The van der Waals surface area contributed by atoms with Gasteiger partial charge in [0.05, 0.1) is 18.0 Å². The fourth-order valence-electron chi connectivity index (χ4n) is 1.81. The Morgan fingerprint density at radius 2 is 2.10 bits per heavy atom. The zero-order chi connectivity index (χ0) is 15.1. The minimum atomic E-state index is -3.58. The Bertz CT molecular complexity index is 628. The van der Waals surface area contributed by atoms with E-state index in [1.807, 2.05) is 0 Å². The molecule has 1 aromatic carbocycles. The van der Waals surface area contributed by atoms with Gasteiger partial charge in [-0.25, -0.2) is 13.1 Å². The molecule has 1 aliphatic carbocycles. The second-order valence-electron chi connectivity index (χ2n) is 4.92. The molecule has 0 saturated heterocycles. The number of nitrogens with two attached hydrogens (primary N) is 1. The maximum atomic E-state index is 12.3. The lowest BCUT2D eigenvalue weighted by atomic mass is 10.2. The van der Waals surface area contributed by atoms with E-state index in [1.165, 1.54) is 18.9 Å². The number of sulfonamides is 1. The number of nitrogens with one attached hydrogen (secondary N) is 1. The third-order valence-corrected chi connectivity index (χ3v) is 4.61. The van der Waals surface area contributed by atoms with Crippen LogP contribution in [0.15, 0.2) is 29.2 Å². The average Bonchev–Trinajstić information content (AvgIpc) is 3.29. The summed E-state index contributed by atoms with van der Waals surface area (Å²) in [7, 11) is -3.58. The van der Waals surface area contributed by atoms with Crippen molar-refractivity contribution in [2.24, 2.45) is 11.7 Å². The molecule has 0 atom stereocenters. The number of ether oxygens (including phenoxy) is 1. The Morgan fingerprint density at radius 1 is 1.33 bits per heavy atom. The van der Waals surface area contributed by atoms with Crippen molar-refractivity contribution >= 4 is 10.0 Å². The highest BCUT2D eigenvalue weighted by molar-refractivity contribution is 7.89. The van der Waals surface area contributed by atoms with Crippen LogP contribution in [0, 0.1) is 17.8 Å². The Morgan fingerprint density at radius 3 is 2.81 bits per heavy atom. The molecule has 0 aliphatic heterocycles. The lowest BCUT2D eigenvalue weighted by molar-refractivity contribution is 0.129. The van der Waals surface area contributed by atoms with E-state index in [1.54, 1.807) is 18.2 Å². The van der Waals surface area contributed by atoms with Crippen LogP contribution in [0.3, 0.4) is 0 Å². The van der Waals surface area contributed by atoms with Crippen LogP contribution in [-0.2, 0) is 14.8 Å². The third-order valence-electron chi connectivity index (χ3n) is 3.09. The summed E-state index contributed by atoms with van der Waals surface area (Å²) in [5, 5.41) is 0. The molecule has 1 aromatic rings. The Kier molecular flexibility index (Phi) is 5.76. The van der Waals surface area contributed by atoms with E-state index >= 15 is 0 Å². The first-order chi connectivity index (χ1) is 10.1. The van der Waals surface area contributed by atoms with Gasteiger partial charge in [-0.15, -0.1) is 0 Å². The molecule has 0 bridgehead atoms. The predicted octanol–water partition coefficient (Wildman–Crippen LogP) is 0.702. The third kappa shape index (κ3) is 5.14. The van der Waals surface area contributed by atoms with Gasteiger partial charge < -0.3 is 10.5 Å². The molecule has 21 heavy (non-hydrogen) atoms. The Hall–Kier alpha value is -1.39. The molecule has 0 radical (unpaired) electrons. The van der Waals surface area contributed by atoms with E-state index in [0.717, 1.165) is 6.61 Å². The molecule has 3 N–H and O–H groups in total. The van der Waals surface area contributed by atoms with Crippen LogP contribution in [0.1, 0.15) is 18.4 Å². The lowest BCUT2D eigenvalue weighted by Gasteiger charge is -2.09. The zero-order valence-corrected chi connectivity index (χ0v) is 12.7. The van der Waals surface area contributed by atoms with Gasteiger partial charge in [-0.05, 0) is 30.9 Å². The van der Waals surface area contributed by atoms with Crippen molar-refractivity contribution in [2.45, 2.75) is 17.7 Å². The van der Waals surface area contributed by atoms with Gasteiger partial charge in [0.15, 0.2) is 0 Å². The van der Waals surface area contributed by atoms with Crippen LogP contribution in [0.5, 0.6) is 0 Å². The summed E-state index contributed by atoms with van der Waals surface area (Å²) in [6, 6.07) is 6.62. The summed E-state index contributed by atoms with van der Waals surface area (Å²) in [6.07, 6.45) is 2.44. The van der Waals surface area contributed by atoms with E-state index < -0.39 is 10.0 Å². The SMILES string of the molecule is NCC#Cc1ccccc1S(=O)(=O)NCCOCC1CC1. The first kappa shape index (κ1) is 16.0. The molecule has 1 fully saturated rings. The Balaban J connectivity index is 1.94. The van der Waals surface area contributed by atoms with Crippen LogP contribution >= 0.6 is 0 Å². The smallest absolute Gasteiger partial charge is 0.241 e. The van der Waals surface area contributed by atoms with Gasteiger partial charge in [0, 0.05) is 18.7 Å². The highest BCUT2D eigenvalue weighted by atomic mass is 32.2. The molecule has 5 nitrogen and oxygen atoms in total. The topological polar surface area (TPSA) is 81.4 Å². The first-order valence-corrected chi connectivity index (χ1v) is 8.47. The van der Waals surface area contributed by atoms with Crippen molar-refractivity contribution in [1.82, 2.24) is 4.72 Å². The quantitative estimate of drug-likeness (QED) is 0.574. The number of benzene rings is 1. The molecule has 0 heterocycles. The van der Waals surface area contributed by atoms with Gasteiger partial charge >= 0.3 is 0 Å². The minimum absolute atomic E-state index is 0.174. The van der Waals surface area contributed by atoms with Crippen molar-refractivity contribution in [1.29, 1.82) is 0 Å². The largest absolute Gasteiger partial charge is 0.380 e. The maximum absolute atomic E-state index is 12.3. The molecular weight excluding hydrogens is 288 g/mol. The highest BCUT2D eigenvalue weighted by Gasteiger charge is 2.21. The Labute approximate surface area is 125 Å². The van der Waals surface area contributed by atoms with Crippen molar-refractivity contribution in [3.05, 3.63) is 29.8 Å². The van der Waals surface area contributed by atoms with Crippen LogP contribution in [0.2, 0.25) is 0 Å². The normalized spacial score (nSPS) is 14.5. The molecular formula is C15H20N2O3S. The monoisotopic (exact) mass is 308 g/mol. The molecule has 114 valence electrons. The van der Waals surface area contributed by atoms with Crippen LogP contribution in [-0.4, -0.2) is 34.7 Å². The highest BCUT2D eigenvalue weighted by Crippen LogP contribution is 2.28. The lowest BCUT2D eigenvalue weighted by Crippen LogP contribution is -2.28. The van der Waals surface area contributed by atoms with Crippen LogP contribution in [0.25, 0.3) is 0 Å². The molecule has 0 amide bonds. The second kappa shape index (κ2) is 7.57. The molecule has 1 aliphatic rings. The predicted molar refractivity (Wildman–Crippen MR) is 81.1 cm³/mol. The minimum Gasteiger partial charge on any atom is -0.380 e. The molecule has 6 heteroatoms. The van der Waals surface area contributed by atoms with Gasteiger partial charge in [-0.2, -0.15) is 0 Å². The van der Waals surface area contributed by atoms with Crippen molar-refractivity contribution < 1.29 is 13.2 Å². The number of hydrogen-bond acceptors (Lipinski definition) is 4. The van der Waals surface area contributed by atoms with Crippen LogP contribution < -0.4 is 10.5 Å². The summed E-state index contributed by atoms with van der Waals surface area (Å²) in [6.45, 7) is 1.55. The maximum Gasteiger partial charge on any atom is 0.241 e. The summed E-state index contributed by atoms with van der Waals surface area (Å²) in [5.74, 6) is 6.13. The van der Waals surface area contributed by atoms with E-state index in [0.29, 0.717) is 18.1 Å². The van der Waals surface area contributed by atoms with Crippen LogP contribution in [0.4, 0.5) is 0 Å². The summed E-state index contributed by atoms with van der Waals surface area (Å²) in [4.78, 5) is 0.174. The summed E-state index contributed by atoms with van der Waals surface area (Å²) in [5.41, 5.74) is 5.78. The molecule has 0 spiro atoms. The van der Waals surface area contributed by atoms with Crippen molar-refractivity contribution in [2.75, 3.05) is 26.3 Å². The van der Waals surface area contributed by atoms with E-state index in [-0.39, 0.29) is 18.0 Å². The van der Waals surface area contributed by atoms with Crippen molar-refractivity contribution in [3.8, 4) is 11.8 Å². The van der Waals surface area contributed by atoms with Gasteiger partial charge in [0.25, 0.3) is 0 Å². The summed E-state index contributed by atoms with van der Waals surface area (Å²) < 4.78 is 32.5. The molecule has 0 unspecified atom stereocenters. The van der Waals surface area contributed by atoms with E-state index in [4.69, 9.17) is 10.5 Å². The zero-order valence-electron chi connectivity index (χ0n) is 11.8. The first-order valence-electron chi connectivity index (χ1n) is 6.99. The fraction of sp³-hybridized carbons (Fsp3) is 0.467. The molecule has 2 rings (SSSR count). The number of hydrogen-bond donors (Lipinski definition) is 2. The molecule has 0 aromatic heterocycles. The van der Waals surface area contributed by atoms with Gasteiger partial charge in [0.1, 0.15) is 0 Å². The number of rotatable bonds is 7. The van der Waals surface area contributed by atoms with E-state index in [9.17, 15) is 8.42 Å².